The number of carbonyl (C=O) groups excluding carboxylic acids is 1. The van der Waals surface area contributed by atoms with E-state index in [2.05, 4.69) is 4.98 Å². The highest BCUT2D eigenvalue weighted by Crippen LogP contribution is 2.22. The molecule has 19 heavy (non-hydrogen) atoms. The molecule has 0 aliphatic carbocycles. The SMILES string of the molecule is CC(N)c1nc(C(=O)Cc2c(F)cccc2Cl)cs1. The molecule has 0 spiro atoms. The minimum Gasteiger partial charge on any atom is -0.322 e. The third-order valence-corrected chi connectivity index (χ3v) is 4.00. The van der Waals surface area contributed by atoms with Gasteiger partial charge in [-0.2, -0.15) is 0 Å². The van der Waals surface area contributed by atoms with Crippen LogP contribution in [0.2, 0.25) is 5.02 Å². The molecule has 1 aromatic heterocycles. The minimum atomic E-state index is -0.483. The smallest absolute Gasteiger partial charge is 0.186 e. The van der Waals surface area contributed by atoms with E-state index in [1.165, 1.54) is 23.5 Å². The van der Waals surface area contributed by atoms with Gasteiger partial charge in [-0.1, -0.05) is 17.7 Å². The number of nitrogens with two attached hydrogens (primary N) is 1. The van der Waals surface area contributed by atoms with Crippen LogP contribution in [0.4, 0.5) is 4.39 Å². The Labute approximate surface area is 119 Å². The van der Waals surface area contributed by atoms with Gasteiger partial charge in [0.05, 0.1) is 6.04 Å². The van der Waals surface area contributed by atoms with E-state index < -0.39 is 5.82 Å². The average Bonchev–Trinajstić information content (AvgIpc) is 2.83. The molecule has 0 amide bonds. The molecule has 100 valence electrons. The number of Topliss-reactive ketones (excluding diaryl/α,β-unsaturated/α-hetero) is 1. The summed E-state index contributed by atoms with van der Waals surface area (Å²) in [5.74, 6) is -0.751. The van der Waals surface area contributed by atoms with Gasteiger partial charge in [0.25, 0.3) is 0 Å². The summed E-state index contributed by atoms with van der Waals surface area (Å²) >= 11 is 7.21. The van der Waals surface area contributed by atoms with Crippen molar-refractivity contribution in [3.8, 4) is 0 Å². The first-order valence-electron chi connectivity index (χ1n) is 5.66. The molecule has 0 radical (unpaired) electrons. The highest BCUT2D eigenvalue weighted by atomic mass is 35.5. The van der Waals surface area contributed by atoms with Crippen LogP contribution in [0.1, 0.15) is 34.0 Å². The molecule has 0 aliphatic heterocycles. The van der Waals surface area contributed by atoms with Crippen LogP contribution in [0.5, 0.6) is 0 Å². The lowest BCUT2D eigenvalue weighted by molar-refractivity contribution is 0.0987. The molecule has 0 saturated heterocycles. The van der Waals surface area contributed by atoms with Gasteiger partial charge in [-0.25, -0.2) is 9.37 Å². The molecule has 0 saturated carbocycles. The standard InChI is InChI=1S/C13H12ClFN2OS/c1-7(16)13-17-11(6-19-13)12(18)5-8-9(14)3-2-4-10(8)15/h2-4,6-7H,5,16H2,1H3. The van der Waals surface area contributed by atoms with Crippen molar-refractivity contribution in [3.63, 3.8) is 0 Å². The van der Waals surface area contributed by atoms with Gasteiger partial charge in [0.1, 0.15) is 16.5 Å². The van der Waals surface area contributed by atoms with Crippen LogP contribution >= 0.6 is 22.9 Å². The molecular weight excluding hydrogens is 287 g/mol. The van der Waals surface area contributed by atoms with Crippen molar-refractivity contribution in [2.24, 2.45) is 5.73 Å². The summed E-state index contributed by atoms with van der Waals surface area (Å²) in [4.78, 5) is 16.2. The first-order chi connectivity index (χ1) is 8.99. The molecule has 2 N–H and O–H groups in total. The minimum absolute atomic E-state index is 0.104. The first kappa shape index (κ1) is 14.1. The van der Waals surface area contributed by atoms with Gasteiger partial charge in [-0.15, -0.1) is 11.3 Å². The lowest BCUT2D eigenvalue weighted by Crippen LogP contribution is -2.08. The van der Waals surface area contributed by atoms with E-state index in [0.29, 0.717) is 10.7 Å². The number of benzene rings is 1. The van der Waals surface area contributed by atoms with Gasteiger partial charge in [-0.05, 0) is 19.1 Å². The quantitative estimate of drug-likeness (QED) is 0.880. The second-order valence-electron chi connectivity index (χ2n) is 4.16. The highest BCUT2D eigenvalue weighted by molar-refractivity contribution is 7.09. The van der Waals surface area contributed by atoms with Crippen LogP contribution in [0, 0.1) is 5.82 Å². The largest absolute Gasteiger partial charge is 0.322 e. The Balaban J connectivity index is 2.21. The maximum atomic E-state index is 13.6. The van der Waals surface area contributed by atoms with Crippen LogP contribution in [0.3, 0.4) is 0 Å². The van der Waals surface area contributed by atoms with Gasteiger partial charge in [0.2, 0.25) is 0 Å². The van der Waals surface area contributed by atoms with Crippen LogP contribution in [-0.2, 0) is 6.42 Å². The van der Waals surface area contributed by atoms with Gasteiger partial charge in [-0.3, -0.25) is 4.79 Å². The number of halogens is 2. The Hall–Kier alpha value is -1.30. The topological polar surface area (TPSA) is 56.0 Å². The summed E-state index contributed by atoms with van der Waals surface area (Å²) < 4.78 is 13.6. The molecule has 1 unspecified atom stereocenters. The van der Waals surface area contributed by atoms with Gasteiger partial charge < -0.3 is 5.73 Å². The summed E-state index contributed by atoms with van der Waals surface area (Å²) in [5.41, 5.74) is 6.18. The van der Waals surface area contributed by atoms with Crippen molar-refractivity contribution in [2.75, 3.05) is 0 Å². The lowest BCUT2D eigenvalue weighted by Gasteiger charge is -2.03. The Bertz CT molecular complexity index is 592. The van der Waals surface area contributed by atoms with E-state index in [9.17, 15) is 9.18 Å². The van der Waals surface area contributed by atoms with Crippen molar-refractivity contribution < 1.29 is 9.18 Å². The zero-order valence-electron chi connectivity index (χ0n) is 10.2. The molecule has 2 aromatic rings. The molecule has 0 fully saturated rings. The number of hydrogen-bond acceptors (Lipinski definition) is 4. The van der Waals surface area contributed by atoms with Crippen molar-refractivity contribution in [1.29, 1.82) is 0 Å². The fourth-order valence-corrected chi connectivity index (χ4v) is 2.59. The van der Waals surface area contributed by atoms with E-state index in [1.54, 1.807) is 18.4 Å². The predicted octanol–water partition coefficient (Wildman–Crippen LogP) is 3.38. The fourth-order valence-electron chi connectivity index (χ4n) is 1.58. The van der Waals surface area contributed by atoms with E-state index in [1.807, 2.05) is 0 Å². The van der Waals surface area contributed by atoms with E-state index in [-0.39, 0.29) is 28.8 Å². The molecule has 3 nitrogen and oxygen atoms in total. The van der Waals surface area contributed by atoms with Gasteiger partial charge in [0.15, 0.2) is 5.78 Å². The Morgan fingerprint density at radius 2 is 2.32 bits per heavy atom. The lowest BCUT2D eigenvalue weighted by atomic mass is 10.1. The average molecular weight is 299 g/mol. The van der Waals surface area contributed by atoms with Crippen molar-refractivity contribution >= 4 is 28.7 Å². The van der Waals surface area contributed by atoms with Crippen molar-refractivity contribution in [1.82, 2.24) is 4.98 Å². The van der Waals surface area contributed by atoms with Crippen LogP contribution in [0.15, 0.2) is 23.6 Å². The van der Waals surface area contributed by atoms with Crippen LogP contribution < -0.4 is 5.73 Å². The summed E-state index contributed by atoms with van der Waals surface area (Å²) in [6.45, 7) is 1.79. The highest BCUT2D eigenvalue weighted by Gasteiger charge is 2.16. The zero-order valence-corrected chi connectivity index (χ0v) is 11.8. The summed E-state index contributed by atoms with van der Waals surface area (Å²) in [7, 11) is 0. The number of rotatable bonds is 4. The maximum Gasteiger partial charge on any atom is 0.186 e. The number of hydrogen-bond donors (Lipinski definition) is 1. The number of carbonyl (C=O) groups is 1. The Morgan fingerprint density at radius 3 is 2.89 bits per heavy atom. The molecule has 2 rings (SSSR count). The van der Waals surface area contributed by atoms with Crippen LogP contribution in [-0.4, -0.2) is 10.8 Å². The Morgan fingerprint density at radius 1 is 1.58 bits per heavy atom. The van der Waals surface area contributed by atoms with Gasteiger partial charge in [0, 0.05) is 22.4 Å². The molecule has 1 atom stereocenters. The number of ketones is 1. The summed E-state index contributed by atoms with van der Waals surface area (Å²) in [6.07, 6.45) is -0.104. The second-order valence-corrected chi connectivity index (χ2v) is 5.46. The fraction of sp³-hybridized carbons (Fsp3) is 0.231. The van der Waals surface area contributed by atoms with Crippen molar-refractivity contribution in [2.45, 2.75) is 19.4 Å². The predicted molar refractivity (Wildman–Crippen MR) is 74.2 cm³/mol. The number of aromatic nitrogens is 1. The molecular formula is C13H12ClFN2OS. The molecule has 0 bridgehead atoms. The second kappa shape index (κ2) is 5.77. The van der Waals surface area contributed by atoms with Crippen molar-refractivity contribution in [3.05, 3.63) is 50.7 Å². The molecule has 1 aromatic carbocycles. The molecule has 1 heterocycles. The van der Waals surface area contributed by atoms with Gasteiger partial charge >= 0.3 is 0 Å². The summed E-state index contributed by atoms with van der Waals surface area (Å²) in [5, 5.41) is 2.56. The normalized spacial score (nSPS) is 12.4. The van der Waals surface area contributed by atoms with E-state index >= 15 is 0 Å². The third-order valence-electron chi connectivity index (χ3n) is 2.60. The van der Waals surface area contributed by atoms with E-state index in [4.69, 9.17) is 17.3 Å². The number of nitrogens with zero attached hydrogens (tertiary/aromatic N) is 1. The molecule has 6 heteroatoms. The molecule has 0 aliphatic rings. The summed E-state index contributed by atoms with van der Waals surface area (Å²) in [6, 6.07) is 4.12. The number of thiazole rings is 1. The first-order valence-corrected chi connectivity index (χ1v) is 6.92. The monoisotopic (exact) mass is 298 g/mol. The zero-order chi connectivity index (χ0) is 14.0. The van der Waals surface area contributed by atoms with Crippen LogP contribution in [0.25, 0.3) is 0 Å². The third kappa shape index (κ3) is 3.18. The maximum absolute atomic E-state index is 13.6. The Kier molecular flexibility index (Phi) is 4.29. The van der Waals surface area contributed by atoms with E-state index in [0.717, 1.165) is 0 Å².